The second-order valence-electron chi connectivity index (χ2n) is 2.10. The smallest absolute Gasteiger partial charge is 0.333 e. The van der Waals surface area contributed by atoms with Gasteiger partial charge in [-0.15, -0.1) is 0 Å². The van der Waals surface area contributed by atoms with Gasteiger partial charge in [0, 0.05) is 7.05 Å². The van der Waals surface area contributed by atoms with Gasteiger partial charge in [0.15, 0.2) is 0 Å². The zero-order chi connectivity index (χ0) is 9.07. The lowest BCUT2D eigenvalue weighted by Gasteiger charge is -2.16. The molecule has 0 fully saturated rings. The summed E-state index contributed by atoms with van der Waals surface area (Å²) in [6.07, 6.45) is -0.580. The Kier molecular flexibility index (Phi) is 3.68. The maximum absolute atomic E-state index is 10.6. The Bertz CT molecular complexity index is 189. The van der Waals surface area contributed by atoms with E-state index in [4.69, 9.17) is 15.5 Å². The largest absolute Gasteiger partial charge is 0.344 e. The van der Waals surface area contributed by atoms with Gasteiger partial charge >= 0.3 is 7.60 Å². The number of amides is 1. The minimum absolute atomic E-state index is 0.240. The summed E-state index contributed by atoms with van der Waals surface area (Å²) in [7, 11) is -2.85. The summed E-state index contributed by atoms with van der Waals surface area (Å²) in [6, 6.07) is 0. The van der Waals surface area contributed by atoms with Gasteiger partial charge in [-0.1, -0.05) is 0 Å². The molecule has 0 unspecified atom stereocenters. The molecule has 0 spiro atoms. The Morgan fingerprint density at radius 3 is 2.36 bits per heavy atom. The second kappa shape index (κ2) is 3.82. The minimum Gasteiger partial charge on any atom is -0.333 e. The summed E-state index contributed by atoms with van der Waals surface area (Å²) in [6.45, 7) is -0.240. The van der Waals surface area contributed by atoms with Gasteiger partial charge in [0.25, 0.3) is 0 Å². The van der Waals surface area contributed by atoms with Crippen LogP contribution < -0.4 is 5.73 Å². The maximum atomic E-state index is 10.6. The molecule has 1 amide bonds. The zero-order valence-corrected chi connectivity index (χ0v) is 6.99. The first kappa shape index (κ1) is 10.6. The predicted molar refractivity (Wildman–Crippen MR) is 38.7 cm³/mol. The van der Waals surface area contributed by atoms with Gasteiger partial charge < -0.3 is 20.4 Å². The van der Waals surface area contributed by atoms with Crippen molar-refractivity contribution >= 4 is 13.5 Å². The van der Waals surface area contributed by atoms with E-state index < -0.39 is 19.8 Å². The quantitative estimate of drug-likeness (QED) is 0.462. The Hall–Kier alpha value is -0.420. The van der Waals surface area contributed by atoms with Crippen molar-refractivity contribution in [2.45, 2.75) is 0 Å². The Morgan fingerprint density at radius 1 is 1.64 bits per heavy atom. The highest BCUT2D eigenvalue weighted by molar-refractivity contribution is 7.51. The van der Waals surface area contributed by atoms with Crippen LogP contribution in [0.1, 0.15) is 0 Å². The number of carbonyl (C=O) groups excluding carboxylic acids is 1. The first-order valence-electron chi connectivity index (χ1n) is 2.85. The first-order chi connectivity index (χ1) is 4.87. The van der Waals surface area contributed by atoms with E-state index in [9.17, 15) is 9.36 Å². The molecule has 0 heterocycles. The number of hydrogen-bond acceptors (Lipinski definition) is 3. The molecule has 0 aromatic rings. The van der Waals surface area contributed by atoms with Gasteiger partial charge in [0.1, 0.15) is 6.29 Å². The second-order valence-corrected chi connectivity index (χ2v) is 3.71. The first-order valence-corrected chi connectivity index (χ1v) is 4.65. The van der Waals surface area contributed by atoms with Crippen molar-refractivity contribution < 1.29 is 19.1 Å². The summed E-state index contributed by atoms with van der Waals surface area (Å²) in [5, 5.41) is 0. The normalized spacial score (nSPS) is 11.3. The average Bonchev–Trinajstić information content (AvgIpc) is 1.82. The molecule has 0 aromatic heterocycles. The Balaban J connectivity index is 3.98. The number of nitrogens with zero attached hydrogens (tertiary/aromatic N) is 1. The van der Waals surface area contributed by atoms with Crippen LogP contribution in [-0.4, -0.2) is 40.5 Å². The van der Waals surface area contributed by atoms with E-state index in [0.29, 0.717) is 0 Å². The number of nitrogens with two attached hydrogens (primary N) is 1. The number of hydrogen-bond donors (Lipinski definition) is 3. The average molecular weight is 182 g/mol. The molecular weight excluding hydrogens is 171 g/mol. The Labute approximate surface area is 64.1 Å². The maximum Gasteiger partial charge on any atom is 0.344 e. The highest BCUT2D eigenvalue weighted by Crippen LogP contribution is 2.34. The van der Waals surface area contributed by atoms with Gasteiger partial charge in [0.05, 0.1) is 6.54 Å². The fourth-order valence-corrected chi connectivity index (χ4v) is 1.22. The van der Waals surface area contributed by atoms with Crippen LogP contribution in [0, 0.1) is 0 Å². The van der Waals surface area contributed by atoms with Crippen molar-refractivity contribution in [1.82, 2.24) is 4.90 Å². The van der Waals surface area contributed by atoms with Crippen LogP contribution in [0.15, 0.2) is 0 Å². The summed E-state index contributed by atoms with van der Waals surface area (Å²) in [4.78, 5) is 28.4. The van der Waals surface area contributed by atoms with Gasteiger partial charge in [0.2, 0.25) is 5.91 Å². The fraction of sp³-hybridized carbons (Fsp3) is 0.750. The van der Waals surface area contributed by atoms with E-state index in [1.165, 1.54) is 7.05 Å². The van der Waals surface area contributed by atoms with Crippen molar-refractivity contribution in [2.75, 3.05) is 19.9 Å². The van der Waals surface area contributed by atoms with Crippen LogP contribution >= 0.6 is 7.60 Å². The predicted octanol–water partition coefficient (Wildman–Crippen LogP) is -1.46. The number of rotatable bonds is 3. The van der Waals surface area contributed by atoms with E-state index in [1.807, 2.05) is 0 Å². The van der Waals surface area contributed by atoms with Crippen molar-refractivity contribution in [3.8, 4) is 0 Å². The third-order valence-corrected chi connectivity index (χ3v) is 1.79. The molecule has 0 radical (unpaired) electrons. The number of carbonyl (C=O) groups is 1. The van der Waals surface area contributed by atoms with Crippen LogP contribution in [0.5, 0.6) is 0 Å². The molecule has 0 aromatic carbocycles. The molecule has 0 saturated carbocycles. The lowest BCUT2D eigenvalue weighted by atomic mass is 10.6. The molecule has 0 aliphatic carbocycles. The topological polar surface area (TPSA) is 104 Å². The highest BCUT2D eigenvalue weighted by atomic mass is 31.2. The van der Waals surface area contributed by atoms with Crippen molar-refractivity contribution in [2.24, 2.45) is 5.73 Å². The van der Waals surface area contributed by atoms with Gasteiger partial charge in [-0.25, -0.2) is 0 Å². The van der Waals surface area contributed by atoms with Crippen LogP contribution in [0.25, 0.3) is 0 Å². The van der Waals surface area contributed by atoms with E-state index in [-0.39, 0.29) is 6.54 Å². The van der Waals surface area contributed by atoms with E-state index in [0.717, 1.165) is 4.90 Å². The summed E-state index contributed by atoms with van der Waals surface area (Å²) in [5.41, 5.74) is 4.95. The molecule has 0 saturated heterocycles. The van der Waals surface area contributed by atoms with E-state index in [1.54, 1.807) is 0 Å². The summed E-state index contributed by atoms with van der Waals surface area (Å²) < 4.78 is 10.3. The molecule has 0 aliphatic heterocycles. The van der Waals surface area contributed by atoms with Crippen molar-refractivity contribution in [3.63, 3.8) is 0 Å². The molecule has 11 heavy (non-hydrogen) atoms. The monoisotopic (exact) mass is 182 g/mol. The van der Waals surface area contributed by atoms with Gasteiger partial charge in [-0.05, 0) is 0 Å². The lowest BCUT2D eigenvalue weighted by molar-refractivity contribution is -0.127. The standard InChI is InChI=1S/C4H11N2O4P/c1-6(4(7)2-5)3-11(8,9)10/h2-3,5H2,1H3,(H2,8,9,10). The summed E-state index contributed by atoms with van der Waals surface area (Å²) in [5.74, 6) is -0.492. The molecule has 0 aliphatic rings. The molecule has 7 heteroatoms. The molecule has 0 rings (SSSR count). The van der Waals surface area contributed by atoms with Crippen molar-refractivity contribution in [3.05, 3.63) is 0 Å². The molecule has 6 nitrogen and oxygen atoms in total. The minimum atomic E-state index is -4.14. The van der Waals surface area contributed by atoms with Crippen molar-refractivity contribution in [1.29, 1.82) is 0 Å². The van der Waals surface area contributed by atoms with E-state index >= 15 is 0 Å². The van der Waals surface area contributed by atoms with Crippen LogP contribution in [0.2, 0.25) is 0 Å². The molecule has 4 N–H and O–H groups in total. The number of likely N-dealkylation sites (N-methyl/N-ethyl adjacent to an activating group) is 1. The van der Waals surface area contributed by atoms with E-state index in [2.05, 4.69) is 0 Å². The SMILES string of the molecule is CN(CP(=O)(O)O)C(=O)CN. The molecule has 0 atom stereocenters. The third-order valence-electron chi connectivity index (χ3n) is 0.997. The van der Waals surface area contributed by atoms with Crippen LogP contribution in [0.3, 0.4) is 0 Å². The third kappa shape index (κ3) is 4.92. The fourth-order valence-electron chi connectivity index (χ4n) is 0.511. The van der Waals surface area contributed by atoms with Gasteiger partial charge in [-0.2, -0.15) is 0 Å². The molecule has 66 valence electrons. The highest BCUT2D eigenvalue weighted by Gasteiger charge is 2.18. The Morgan fingerprint density at radius 2 is 2.09 bits per heavy atom. The lowest BCUT2D eigenvalue weighted by Crippen LogP contribution is -2.33. The zero-order valence-electron chi connectivity index (χ0n) is 6.10. The van der Waals surface area contributed by atoms with Crippen LogP contribution in [-0.2, 0) is 9.36 Å². The molecule has 0 bridgehead atoms. The molecular formula is C4H11N2O4P. The van der Waals surface area contributed by atoms with Gasteiger partial charge in [-0.3, -0.25) is 9.36 Å². The summed E-state index contributed by atoms with van der Waals surface area (Å²) >= 11 is 0. The van der Waals surface area contributed by atoms with Crippen LogP contribution in [0.4, 0.5) is 0 Å².